The predicted molar refractivity (Wildman–Crippen MR) is 88.4 cm³/mol. The van der Waals surface area contributed by atoms with Gasteiger partial charge in [0.15, 0.2) is 0 Å². The van der Waals surface area contributed by atoms with Crippen molar-refractivity contribution >= 4 is 10.8 Å². The Morgan fingerprint density at radius 2 is 1.86 bits per heavy atom. The van der Waals surface area contributed by atoms with Gasteiger partial charge in [-0.3, -0.25) is 4.98 Å². The third kappa shape index (κ3) is 2.81. The molecule has 3 rings (SSSR count). The SMILES string of the molecule is CNC(Cc1cccc2ccccc12)c1ccncc1C. The van der Waals surface area contributed by atoms with Crippen LogP contribution in [0.3, 0.4) is 0 Å². The molecular weight excluding hydrogens is 256 g/mol. The van der Waals surface area contributed by atoms with E-state index in [1.54, 1.807) is 0 Å². The summed E-state index contributed by atoms with van der Waals surface area (Å²) in [5, 5.41) is 6.09. The zero-order chi connectivity index (χ0) is 14.7. The third-order valence-corrected chi connectivity index (χ3v) is 4.09. The number of nitrogens with zero attached hydrogens (tertiary/aromatic N) is 1. The number of fused-ring (bicyclic) bond motifs is 1. The largest absolute Gasteiger partial charge is 0.313 e. The van der Waals surface area contributed by atoms with E-state index in [2.05, 4.69) is 65.8 Å². The number of benzene rings is 2. The quantitative estimate of drug-likeness (QED) is 0.777. The number of aryl methyl sites for hydroxylation is 1. The fourth-order valence-electron chi connectivity index (χ4n) is 2.93. The van der Waals surface area contributed by atoms with E-state index in [4.69, 9.17) is 0 Å². The van der Waals surface area contributed by atoms with Crippen LogP contribution in [0.4, 0.5) is 0 Å². The Labute approximate surface area is 125 Å². The number of hydrogen-bond acceptors (Lipinski definition) is 2. The van der Waals surface area contributed by atoms with Crippen LogP contribution in [0.2, 0.25) is 0 Å². The zero-order valence-electron chi connectivity index (χ0n) is 12.5. The van der Waals surface area contributed by atoms with Gasteiger partial charge in [0.2, 0.25) is 0 Å². The first-order valence-electron chi connectivity index (χ1n) is 7.34. The Bertz CT molecular complexity index is 744. The molecule has 2 heteroatoms. The highest BCUT2D eigenvalue weighted by atomic mass is 14.9. The van der Waals surface area contributed by atoms with Crippen molar-refractivity contribution in [3.8, 4) is 0 Å². The van der Waals surface area contributed by atoms with Gasteiger partial charge in [0.1, 0.15) is 0 Å². The van der Waals surface area contributed by atoms with Crippen molar-refractivity contribution in [2.75, 3.05) is 7.05 Å². The molecule has 0 saturated heterocycles. The minimum absolute atomic E-state index is 0.304. The molecule has 0 aliphatic carbocycles. The maximum Gasteiger partial charge on any atom is 0.0362 e. The fraction of sp³-hybridized carbons (Fsp3) is 0.211. The summed E-state index contributed by atoms with van der Waals surface area (Å²) in [6.45, 7) is 2.12. The smallest absolute Gasteiger partial charge is 0.0362 e. The molecule has 0 saturated carbocycles. The van der Waals surface area contributed by atoms with Crippen molar-refractivity contribution in [1.29, 1.82) is 0 Å². The van der Waals surface area contributed by atoms with Gasteiger partial charge in [-0.15, -0.1) is 0 Å². The van der Waals surface area contributed by atoms with Crippen molar-refractivity contribution in [3.63, 3.8) is 0 Å². The average molecular weight is 276 g/mol. The molecule has 106 valence electrons. The van der Waals surface area contributed by atoms with Gasteiger partial charge in [0.05, 0.1) is 0 Å². The van der Waals surface area contributed by atoms with Crippen LogP contribution in [-0.2, 0) is 6.42 Å². The Hall–Kier alpha value is -2.19. The number of rotatable bonds is 4. The van der Waals surface area contributed by atoms with Crippen molar-refractivity contribution in [2.24, 2.45) is 0 Å². The normalized spacial score (nSPS) is 12.5. The monoisotopic (exact) mass is 276 g/mol. The molecule has 21 heavy (non-hydrogen) atoms. The standard InChI is InChI=1S/C19H20N2/c1-14-13-21-11-10-17(14)19(20-2)12-16-8-5-7-15-6-3-4-9-18(15)16/h3-11,13,19-20H,12H2,1-2H3. The summed E-state index contributed by atoms with van der Waals surface area (Å²) in [7, 11) is 2.02. The van der Waals surface area contributed by atoms with Crippen LogP contribution in [-0.4, -0.2) is 12.0 Å². The molecule has 2 nitrogen and oxygen atoms in total. The fourth-order valence-corrected chi connectivity index (χ4v) is 2.93. The highest BCUT2D eigenvalue weighted by Gasteiger charge is 2.13. The van der Waals surface area contributed by atoms with E-state index >= 15 is 0 Å². The third-order valence-electron chi connectivity index (χ3n) is 4.09. The van der Waals surface area contributed by atoms with Crippen molar-refractivity contribution in [2.45, 2.75) is 19.4 Å². The molecule has 0 spiro atoms. The van der Waals surface area contributed by atoms with Crippen LogP contribution in [0.1, 0.15) is 22.7 Å². The van der Waals surface area contributed by atoms with E-state index in [-0.39, 0.29) is 0 Å². The molecule has 0 aliphatic heterocycles. The lowest BCUT2D eigenvalue weighted by Crippen LogP contribution is -2.20. The Morgan fingerprint density at radius 3 is 2.67 bits per heavy atom. The molecule has 1 heterocycles. The molecule has 3 aromatic rings. The Kier molecular flexibility index (Phi) is 3.98. The van der Waals surface area contributed by atoms with Crippen LogP contribution in [0.5, 0.6) is 0 Å². The highest BCUT2D eigenvalue weighted by molar-refractivity contribution is 5.85. The number of aromatic nitrogens is 1. The highest BCUT2D eigenvalue weighted by Crippen LogP contribution is 2.25. The molecule has 0 amide bonds. The second-order valence-corrected chi connectivity index (χ2v) is 5.42. The molecule has 2 aromatic carbocycles. The van der Waals surface area contributed by atoms with Crippen LogP contribution >= 0.6 is 0 Å². The molecule has 1 aromatic heterocycles. The number of nitrogens with one attached hydrogen (secondary N) is 1. The second-order valence-electron chi connectivity index (χ2n) is 5.42. The number of pyridine rings is 1. The molecule has 1 unspecified atom stereocenters. The van der Waals surface area contributed by atoms with Gasteiger partial charge in [-0.2, -0.15) is 0 Å². The van der Waals surface area contributed by atoms with Gasteiger partial charge in [0, 0.05) is 18.4 Å². The van der Waals surface area contributed by atoms with Crippen molar-refractivity contribution in [3.05, 3.63) is 77.6 Å². The van der Waals surface area contributed by atoms with Gasteiger partial charge < -0.3 is 5.32 Å². The molecule has 0 fully saturated rings. The lowest BCUT2D eigenvalue weighted by Gasteiger charge is -2.19. The summed E-state index contributed by atoms with van der Waals surface area (Å²) in [5.41, 5.74) is 3.93. The van der Waals surface area contributed by atoms with E-state index in [0.717, 1.165) is 6.42 Å². The first-order valence-corrected chi connectivity index (χ1v) is 7.34. The maximum absolute atomic E-state index is 4.19. The van der Waals surface area contributed by atoms with Gasteiger partial charge in [0.25, 0.3) is 0 Å². The zero-order valence-corrected chi connectivity index (χ0v) is 12.5. The van der Waals surface area contributed by atoms with Gasteiger partial charge >= 0.3 is 0 Å². The van der Waals surface area contributed by atoms with Crippen LogP contribution < -0.4 is 5.32 Å². The first-order chi connectivity index (χ1) is 10.3. The summed E-state index contributed by atoms with van der Waals surface area (Å²) in [5.74, 6) is 0. The first kappa shape index (κ1) is 13.8. The minimum atomic E-state index is 0.304. The van der Waals surface area contributed by atoms with Crippen LogP contribution in [0.15, 0.2) is 60.9 Å². The van der Waals surface area contributed by atoms with E-state index in [1.165, 1.54) is 27.5 Å². The second kappa shape index (κ2) is 6.06. The van der Waals surface area contributed by atoms with Crippen molar-refractivity contribution < 1.29 is 0 Å². The van der Waals surface area contributed by atoms with Crippen LogP contribution in [0.25, 0.3) is 10.8 Å². The number of hydrogen-bond donors (Lipinski definition) is 1. The molecule has 0 aliphatic rings. The van der Waals surface area contributed by atoms with E-state index in [0.29, 0.717) is 6.04 Å². The van der Waals surface area contributed by atoms with E-state index < -0.39 is 0 Å². The topological polar surface area (TPSA) is 24.9 Å². The van der Waals surface area contributed by atoms with Gasteiger partial charge in [-0.1, -0.05) is 42.5 Å². The van der Waals surface area contributed by atoms with E-state index in [1.807, 2.05) is 19.4 Å². The number of likely N-dealkylation sites (N-methyl/N-ethyl adjacent to an activating group) is 1. The molecule has 1 atom stereocenters. The van der Waals surface area contributed by atoms with Crippen LogP contribution in [0, 0.1) is 6.92 Å². The summed E-state index contributed by atoms with van der Waals surface area (Å²) in [4.78, 5) is 4.19. The Morgan fingerprint density at radius 1 is 1.05 bits per heavy atom. The summed E-state index contributed by atoms with van der Waals surface area (Å²) in [6.07, 6.45) is 4.78. The lowest BCUT2D eigenvalue weighted by atomic mass is 9.94. The summed E-state index contributed by atoms with van der Waals surface area (Å²) >= 11 is 0. The molecule has 1 N–H and O–H groups in total. The summed E-state index contributed by atoms with van der Waals surface area (Å²) in [6, 6.07) is 17.5. The average Bonchev–Trinajstić information content (AvgIpc) is 2.53. The van der Waals surface area contributed by atoms with Crippen molar-refractivity contribution in [1.82, 2.24) is 10.3 Å². The molecule has 0 radical (unpaired) electrons. The van der Waals surface area contributed by atoms with Gasteiger partial charge in [-0.25, -0.2) is 0 Å². The summed E-state index contributed by atoms with van der Waals surface area (Å²) < 4.78 is 0. The molecular formula is C19H20N2. The molecule has 0 bridgehead atoms. The lowest BCUT2D eigenvalue weighted by molar-refractivity contribution is 0.590. The van der Waals surface area contributed by atoms with Gasteiger partial charge in [-0.05, 0) is 53.9 Å². The maximum atomic E-state index is 4.19. The minimum Gasteiger partial charge on any atom is -0.313 e. The predicted octanol–water partition coefficient (Wildman–Crippen LogP) is 4.05. The Balaban J connectivity index is 1.98. The van der Waals surface area contributed by atoms with E-state index in [9.17, 15) is 0 Å².